The Hall–Kier alpha value is -0.730. The average Bonchev–Trinajstić information content (AvgIpc) is 2.25. The van der Waals surface area contributed by atoms with Gasteiger partial charge in [0.2, 0.25) is 5.91 Å². The van der Waals surface area contributed by atoms with Gasteiger partial charge < -0.3 is 30.1 Å². The molecule has 0 bridgehead atoms. The van der Waals surface area contributed by atoms with Crippen molar-refractivity contribution in [3.8, 4) is 0 Å². The van der Waals surface area contributed by atoms with E-state index in [0.717, 1.165) is 0 Å². The fourth-order valence-electron chi connectivity index (χ4n) is 1.67. The molecular formula is C9H17NO6. The van der Waals surface area contributed by atoms with Crippen LogP contribution in [0.3, 0.4) is 0 Å². The van der Waals surface area contributed by atoms with Gasteiger partial charge in [-0.15, -0.1) is 0 Å². The summed E-state index contributed by atoms with van der Waals surface area (Å²) in [5.74, 6) is -0.371. The van der Waals surface area contributed by atoms with E-state index in [9.17, 15) is 15.0 Å². The quantitative estimate of drug-likeness (QED) is 0.407. The lowest BCUT2D eigenvalue weighted by atomic mass is 10.0. The van der Waals surface area contributed by atoms with E-state index in [0.29, 0.717) is 0 Å². The third kappa shape index (κ3) is 2.69. The van der Waals surface area contributed by atoms with Gasteiger partial charge in [0.25, 0.3) is 0 Å². The Kier molecular flexibility index (Phi) is 4.63. The van der Waals surface area contributed by atoms with Gasteiger partial charge in [-0.25, -0.2) is 0 Å². The molecule has 0 aromatic heterocycles. The molecule has 0 unspecified atom stereocenters. The van der Waals surface area contributed by atoms with E-state index in [2.05, 4.69) is 5.32 Å². The highest BCUT2D eigenvalue weighted by atomic mass is 16.8. The summed E-state index contributed by atoms with van der Waals surface area (Å²) < 4.78 is 10.1. The van der Waals surface area contributed by atoms with Crippen molar-refractivity contribution in [3.05, 3.63) is 0 Å². The van der Waals surface area contributed by atoms with Crippen molar-refractivity contribution in [3.63, 3.8) is 0 Å². The third-order valence-electron chi connectivity index (χ3n) is 2.48. The van der Waals surface area contributed by atoms with Crippen LogP contribution < -0.4 is 5.32 Å². The van der Waals surface area contributed by atoms with E-state index < -0.39 is 37.3 Å². The first kappa shape index (κ1) is 13.3. The van der Waals surface area contributed by atoms with Gasteiger partial charge in [-0.05, 0) is 0 Å². The molecule has 94 valence electrons. The summed E-state index contributed by atoms with van der Waals surface area (Å²) in [5.41, 5.74) is 0. The summed E-state index contributed by atoms with van der Waals surface area (Å²) in [6, 6.07) is -0.861. The monoisotopic (exact) mass is 238 g/mol. The van der Waals surface area contributed by atoms with Crippen molar-refractivity contribution in [2.24, 2.45) is 0 Å². The van der Waals surface area contributed by atoms with Crippen LogP contribution in [0.15, 0.2) is 0 Å². The third-order valence-corrected chi connectivity index (χ3v) is 2.48. The maximum absolute atomic E-state index is 10.9. The lowest BCUT2D eigenvalue weighted by Gasteiger charge is -2.41. The second kappa shape index (κ2) is 5.55. The Bertz CT molecular complexity index is 246. The van der Waals surface area contributed by atoms with Gasteiger partial charge in [-0.1, -0.05) is 0 Å². The summed E-state index contributed by atoms with van der Waals surface area (Å²) in [6.07, 6.45) is -4.35. The maximum Gasteiger partial charge on any atom is 0.217 e. The molecule has 0 aromatic carbocycles. The van der Waals surface area contributed by atoms with Gasteiger partial charge in [0.05, 0.1) is 6.61 Å². The first-order valence-electron chi connectivity index (χ1n) is 4.93. The Morgan fingerprint density at radius 2 is 2.06 bits per heavy atom. The number of hydrogen-bond donors (Lipinski definition) is 4. The predicted molar refractivity (Wildman–Crippen MR) is 52.4 cm³/mol. The first-order valence-corrected chi connectivity index (χ1v) is 4.93. The van der Waals surface area contributed by atoms with Gasteiger partial charge in [0.1, 0.15) is 24.4 Å². The number of methoxy groups -OCH3 is 1. The first-order chi connectivity index (χ1) is 7.51. The fraction of sp³-hybridized carbons (Fsp3) is 0.889. The number of hydrogen-bond acceptors (Lipinski definition) is 6. The fourth-order valence-corrected chi connectivity index (χ4v) is 1.67. The van der Waals surface area contributed by atoms with Gasteiger partial charge in [0, 0.05) is 14.0 Å². The summed E-state index contributed by atoms with van der Waals surface area (Å²) in [4.78, 5) is 10.9. The van der Waals surface area contributed by atoms with E-state index in [1.54, 1.807) is 0 Å². The van der Waals surface area contributed by atoms with Crippen LogP contribution in [0, 0.1) is 0 Å². The number of carbonyl (C=O) groups is 1. The molecule has 16 heavy (non-hydrogen) atoms. The van der Waals surface area contributed by atoms with Crippen LogP contribution in [0.4, 0.5) is 0 Å². The zero-order chi connectivity index (χ0) is 12.3. The molecule has 5 atom stereocenters. The van der Waals surface area contributed by atoms with E-state index in [-0.39, 0.29) is 5.91 Å². The highest BCUT2D eigenvalue weighted by molar-refractivity contribution is 5.73. The second-order valence-corrected chi connectivity index (χ2v) is 3.67. The molecule has 0 aliphatic carbocycles. The molecule has 1 heterocycles. The molecule has 1 rings (SSSR count). The van der Waals surface area contributed by atoms with Crippen LogP contribution in [-0.4, -0.2) is 65.6 Å². The minimum atomic E-state index is -1.27. The highest BCUT2D eigenvalue weighted by Gasteiger charge is 2.44. The predicted octanol–water partition coefficient (Wildman–Crippen LogP) is -2.42. The van der Waals surface area contributed by atoms with Gasteiger partial charge in [0.15, 0.2) is 6.29 Å². The molecule has 0 radical (unpaired) electrons. The van der Waals surface area contributed by atoms with Crippen molar-refractivity contribution in [2.75, 3.05) is 13.7 Å². The summed E-state index contributed by atoms with van der Waals surface area (Å²) in [5, 5.41) is 30.7. The van der Waals surface area contributed by atoms with Gasteiger partial charge in [-0.2, -0.15) is 0 Å². The topological polar surface area (TPSA) is 108 Å². The van der Waals surface area contributed by atoms with Crippen molar-refractivity contribution >= 4 is 5.91 Å². The highest BCUT2D eigenvalue weighted by Crippen LogP contribution is 2.21. The van der Waals surface area contributed by atoms with Crippen LogP contribution in [0.2, 0.25) is 0 Å². The summed E-state index contributed by atoms with van der Waals surface area (Å²) in [7, 11) is 1.35. The number of nitrogens with one attached hydrogen (secondary N) is 1. The molecule has 7 nitrogen and oxygen atoms in total. The second-order valence-electron chi connectivity index (χ2n) is 3.67. The van der Waals surface area contributed by atoms with Crippen molar-refractivity contribution < 1.29 is 29.6 Å². The Morgan fingerprint density at radius 1 is 1.44 bits per heavy atom. The molecule has 0 saturated carbocycles. The van der Waals surface area contributed by atoms with Gasteiger partial charge in [-0.3, -0.25) is 4.79 Å². The SMILES string of the molecule is CO[13C@H]1O[C@H](CO)[C@H](O)[C@H](O)[C@@H]1N[13C]([13CH3])=O. The average molecular weight is 238 g/mol. The van der Waals surface area contributed by atoms with Crippen LogP contribution in [0.25, 0.3) is 0 Å². The molecule has 0 aromatic rings. The number of aliphatic hydroxyl groups is 3. The molecule has 1 saturated heterocycles. The molecule has 1 aliphatic rings. The minimum absolute atomic E-state index is 0.371. The van der Waals surface area contributed by atoms with Crippen molar-refractivity contribution in [1.29, 1.82) is 0 Å². The zero-order valence-electron chi connectivity index (χ0n) is 9.16. The smallest absolute Gasteiger partial charge is 0.217 e. The Labute approximate surface area is 93.0 Å². The molecule has 4 N–H and O–H groups in total. The standard InChI is InChI=1S/C9H17NO6/c1-4(12)10-6-8(14)7(13)5(3-11)16-9(6)15-2/h5-9,11,13-14H,3H2,1-2H3,(H,10,12)/t5-,6+,7+,8-,9+/m1/s1/i1+1,4+1,9+1. The summed E-state index contributed by atoms with van der Waals surface area (Å²) >= 11 is 0. The van der Waals surface area contributed by atoms with E-state index in [4.69, 9.17) is 14.6 Å². The molecule has 1 fully saturated rings. The number of rotatable bonds is 3. The number of amides is 1. The van der Waals surface area contributed by atoms with Crippen LogP contribution in [0.1, 0.15) is 6.92 Å². The van der Waals surface area contributed by atoms with Crippen LogP contribution in [0.5, 0.6) is 0 Å². The molecular weight excluding hydrogens is 221 g/mol. The Balaban J connectivity index is 2.77. The minimum Gasteiger partial charge on any atom is -0.394 e. The normalized spacial score (nSPS) is 39.4. The molecule has 1 amide bonds. The van der Waals surface area contributed by atoms with E-state index >= 15 is 0 Å². The Morgan fingerprint density at radius 3 is 2.50 bits per heavy atom. The van der Waals surface area contributed by atoms with Crippen molar-refractivity contribution in [2.45, 2.75) is 37.6 Å². The molecule has 7 heteroatoms. The lowest BCUT2D eigenvalue weighted by Crippen LogP contribution is -2.64. The van der Waals surface area contributed by atoms with Crippen LogP contribution in [-0.2, 0) is 14.3 Å². The van der Waals surface area contributed by atoms with Crippen LogP contribution >= 0.6 is 0 Å². The maximum atomic E-state index is 10.9. The van der Waals surface area contributed by atoms with E-state index in [1.807, 2.05) is 0 Å². The van der Waals surface area contributed by atoms with Crippen molar-refractivity contribution in [1.82, 2.24) is 5.32 Å². The number of aliphatic hydroxyl groups excluding tert-OH is 3. The summed E-state index contributed by atoms with van der Waals surface area (Å²) in [6.45, 7) is 0.842. The molecule has 0 spiro atoms. The zero-order valence-corrected chi connectivity index (χ0v) is 9.16. The number of carbonyl (C=O) groups excluding carboxylic acids is 1. The molecule has 1 aliphatic heterocycles. The lowest BCUT2D eigenvalue weighted by molar-refractivity contribution is -0.262. The van der Waals surface area contributed by atoms with E-state index in [1.165, 1.54) is 14.0 Å². The van der Waals surface area contributed by atoms with Gasteiger partial charge >= 0.3 is 0 Å². The largest absolute Gasteiger partial charge is 0.394 e. The number of ether oxygens (including phenoxy) is 2.